The quantitative estimate of drug-likeness (QED) is 0.466. The largest absolute Gasteiger partial charge is 0.325 e. The molecule has 1 aromatic heterocycles. The summed E-state index contributed by atoms with van der Waals surface area (Å²) in [5.74, 6) is 0.282. The molecule has 0 aliphatic rings. The number of nitrogens with one attached hydrogen (secondary N) is 1. The molecule has 28 heavy (non-hydrogen) atoms. The van der Waals surface area contributed by atoms with E-state index in [1.165, 1.54) is 11.8 Å². The second-order valence-electron chi connectivity index (χ2n) is 7.07. The maximum atomic E-state index is 13.0. The van der Waals surface area contributed by atoms with Gasteiger partial charge in [0.2, 0.25) is 5.91 Å². The zero-order valence-corrected chi connectivity index (χ0v) is 17.6. The minimum absolute atomic E-state index is 0.136. The van der Waals surface area contributed by atoms with Crippen LogP contribution in [0.3, 0.4) is 0 Å². The van der Waals surface area contributed by atoms with Crippen molar-refractivity contribution in [1.82, 2.24) is 9.55 Å². The average molecular weight is 416 g/mol. The summed E-state index contributed by atoms with van der Waals surface area (Å²) in [7, 11) is 0. The number of aromatic nitrogens is 2. The summed E-state index contributed by atoms with van der Waals surface area (Å²) < 4.78 is 1.63. The minimum atomic E-state index is -0.143. The normalized spacial score (nSPS) is 11.2. The molecule has 0 unspecified atom stereocenters. The van der Waals surface area contributed by atoms with Gasteiger partial charge >= 0.3 is 0 Å². The SMILES string of the molecule is Cc1ccc(NC(=O)CSc2nc3ccc(Cl)cc3c(=O)n2CC(C)C)cc1. The smallest absolute Gasteiger partial charge is 0.262 e. The Balaban J connectivity index is 1.84. The van der Waals surface area contributed by atoms with Gasteiger partial charge in [-0.15, -0.1) is 0 Å². The fourth-order valence-electron chi connectivity index (χ4n) is 2.77. The van der Waals surface area contributed by atoms with E-state index in [2.05, 4.69) is 10.3 Å². The topological polar surface area (TPSA) is 64.0 Å². The molecule has 0 aliphatic carbocycles. The van der Waals surface area contributed by atoms with Crippen LogP contribution >= 0.6 is 23.4 Å². The van der Waals surface area contributed by atoms with E-state index in [9.17, 15) is 9.59 Å². The molecule has 3 rings (SSSR count). The number of amides is 1. The molecule has 5 nitrogen and oxygen atoms in total. The molecule has 0 spiro atoms. The van der Waals surface area contributed by atoms with Crippen molar-refractivity contribution in [3.63, 3.8) is 0 Å². The lowest BCUT2D eigenvalue weighted by atomic mass is 10.2. The first kappa shape index (κ1) is 20.4. The van der Waals surface area contributed by atoms with E-state index in [0.29, 0.717) is 27.6 Å². The number of thioether (sulfide) groups is 1. The molecular formula is C21H22ClN3O2S. The highest BCUT2D eigenvalue weighted by molar-refractivity contribution is 7.99. The van der Waals surface area contributed by atoms with Crippen LogP contribution in [0.15, 0.2) is 52.4 Å². The van der Waals surface area contributed by atoms with Crippen LogP contribution in [0.1, 0.15) is 19.4 Å². The van der Waals surface area contributed by atoms with Gasteiger partial charge in [-0.2, -0.15) is 0 Å². The molecule has 0 atom stereocenters. The van der Waals surface area contributed by atoms with Crippen LogP contribution in [0.5, 0.6) is 0 Å². The van der Waals surface area contributed by atoms with Crippen molar-refractivity contribution < 1.29 is 4.79 Å². The van der Waals surface area contributed by atoms with E-state index in [4.69, 9.17) is 11.6 Å². The van der Waals surface area contributed by atoms with Gasteiger partial charge in [0.25, 0.3) is 5.56 Å². The molecule has 146 valence electrons. The van der Waals surface area contributed by atoms with Crippen molar-refractivity contribution >= 4 is 45.9 Å². The van der Waals surface area contributed by atoms with Gasteiger partial charge in [-0.3, -0.25) is 14.2 Å². The Labute approximate surface area is 173 Å². The zero-order valence-electron chi connectivity index (χ0n) is 16.0. The highest BCUT2D eigenvalue weighted by Crippen LogP contribution is 2.21. The standard InChI is InChI=1S/C21H22ClN3O2S/c1-13(2)11-25-20(27)17-10-15(22)6-9-18(17)24-21(25)28-12-19(26)23-16-7-4-14(3)5-8-16/h4-10,13H,11-12H2,1-3H3,(H,23,26). The number of carbonyl (C=O) groups excluding carboxylic acids is 1. The molecule has 0 saturated heterocycles. The van der Waals surface area contributed by atoms with Crippen molar-refractivity contribution in [2.24, 2.45) is 5.92 Å². The van der Waals surface area contributed by atoms with Gasteiger partial charge in [-0.25, -0.2) is 4.98 Å². The van der Waals surface area contributed by atoms with Gasteiger partial charge in [-0.1, -0.05) is 54.9 Å². The molecule has 0 radical (unpaired) electrons. The van der Waals surface area contributed by atoms with E-state index in [-0.39, 0.29) is 23.1 Å². The summed E-state index contributed by atoms with van der Waals surface area (Å²) in [6.07, 6.45) is 0. The Morgan fingerprint density at radius 2 is 1.93 bits per heavy atom. The van der Waals surface area contributed by atoms with Gasteiger partial charge in [0, 0.05) is 17.3 Å². The van der Waals surface area contributed by atoms with E-state index in [1.54, 1.807) is 22.8 Å². The van der Waals surface area contributed by atoms with Crippen LogP contribution in [-0.4, -0.2) is 21.2 Å². The van der Waals surface area contributed by atoms with Gasteiger partial charge in [-0.05, 0) is 43.2 Å². The Kier molecular flexibility index (Phi) is 6.42. The second kappa shape index (κ2) is 8.80. The van der Waals surface area contributed by atoms with Crippen LogP contribution in [0.25, 0.3) is 10.9 Å². The number of fused-ring (bicyclic) bond motifs is 1. The number of benzene rings is 2. The Morgan fingerprint density at radius 1 is 1.21 bits per heavy atom. The molecular weight excluding hydrogens is 394 g/mol. The van der Waals surface area contributed by atoms with Crippen LogP contribution in [-0.2, 0) is 11.3 Å². The molecule has 0 saturated carbocycles. The summed E-state index contributed by atoms with van der Waals surface area (Å²) in [4.78, 5) is 29.9. The third-order valence-corrected chi connectivity index (χ3v) is 5.31. The van der Waals surface area contributed by atoms with Crippen LogP contribution < -0.4 is 10.9 Å². The summed E-state index contributed by atoms with van der Waals surface area (Å²) in [5, 5.41) is 4.39. The fourth-order valence-corrected chi connectivity index (χ4v) is 3.75. The Hall–Kier alpha value is -2.31. The lowest BCUT2D eigenvalue weighted by Crippen LogP contribution is -2.26. The molecule has 2 aromatic carbocycles. The molecule has 1 N–H and O–H groups in total. The lowest BCUT2D eigenvalue weighted by Gasteiger charge is -2.15. The number of aryl methyl sites for hydroxylation is 1. The number of carbonyl (C=O) groups is 1. The first-order chi connectivity index (χ1) is 13.3. The van der Waals surface area contributed by atoms with E-state index >= 15 is 0 Å². The molecule has 0 fully saturated rings. The summed E-state index contributed by atoms with van der Waals surface area (Å²) in [6, 6.07) is 12.7. The Morgan fingerprint density at radius 3 is 2.61 bits per heavy atom. The van der Waals surface area contributed by atoms with E-state index < -0.39 is 0 Å². The van der Waals surface area contributed by atoms with Crippen molar-refractivity contribution in [2.45, 2.75) is 32.5 Å². The maximum absolute atomic E-state index is 13.0. The fraction of sp³-hybridized carbons (Fsp3) is 0.286. The monoisotopic (exact) mass is 415 g/mol. The number of anilines is 1. The summed E-state index contributed by atoms with van der Waals surface area (Å²) >= 11 is 7.30. The number of nitrogens with zero attached hydrogens (tertiary/aromatic N) is 2. The maximum Gasteiger partial charge on any atom is 0.262 e. The van der Waals surface area contributed by atoms with Crippen LogP contribution in [0.2, 0.25) is 5.02 Å². The predicted octanol–water partition coefficient (Wildman–Crippen LogP) is 4.75. The van der Waals surface area contributed by atoms with Crippen molar-refractivity contribution in [3.05, 3.63) is 63.4 Å². The third-order valence-electron chi connectivity index (χ3n) is 4.10. The molecule has 1 heterocycles. The van der Waals surface area contributed by atoms with Gasteiger partial charge in [0.1, 0.15) is 0 Å². The molecule has 1 amide bonds. The molecule has 3 aromatic rings. The van der Waals surface area contributed by atoms with E-state index in [1.807, 2.05) is 45.0 Å². The lowest BCUT2D eigenvalue weighted by molar-refractivity contribution is -0.113. The number of hydrogen-bond acceptors (Lipinski definition) is 4. The van der Waals surface area contributed by atoms with Gasteiger partial charge in [0.15, 0.2) is 5.16 Å². The third kappa shape index (κ3) is 4.94. The Bertz CT molecular complexity index is 1060. The van der Waals surface area contributed by atoms with Crippen molar-refractivity contribution in [1.29, 1.82) is 0 Å². The zero-order chi connectivity index (χ0) is 20.3. The minimum Gasteiger partial charge on any atom is -0.325 e. The van der Waals surface area contributed by atoms with Crippen molar-refractivity contribution in [3.8, 4) is 0 Å². The first-order valence-corrected chi connectivity index (χ1v) is 10.4. The van der Waals surface area contributed by atoms with Gasteiger partial charge in [0.05, 0.1) is 16.7 Å². The summed E-state index contributed by atoms with van der Waals surface area (Å²) in [6.45, 7) is 6.59. The highest BCUT2D eigenvalue weighted by Gasteiger charge is 2.15. The molecule has 0 bridgehead atoms. The molecule has 7 heteroatoms. The summed E-state index contributed by atoms with van der Waals surface area (Å²) in [5.41, 5.74) is 2.32. The van der Waals surface area contributed by atoms with Crippen LogP contribution in [0.4, 0.5) is 5.69 Å². The second-order valence-corrected chi connectivity index (χ2v) is 8.45. The highest BCUT2D eigenvalue weighted by atomic mass is 35.5. The number of rotatable bonds is 6. The van der Waals surface area contributed by atoms with Crippen LogP contribution in [0, 0.1) is 12.8 Å². The molecule has 0 aliphatic heterocycles. The van der Waals surface area contributed by atoms with Crippen molar-refractivity contribution in [2.75, 3.05) is 11.1 Å². The van der Waals surface area contributed by atoms with E-state index in [0.717, 1.165) is 11.3 Å². The number of hydrogen-bond donors (Lipinski definition) is 1. The number of halogens is 1. The average Bonchev–Trinajstić information content (AvgIpc) is 2.65. The first-order valence-electron chi connectivity index (χ1n) is 9.03. The predicted molar refractivity (Wildman–Crippen MR) is 116 cm³/mol. The van der Waals surface area contributed by atoms with Gasteiger partial charge < -0.3 is 5.32 Å².